The first kappa shape index (κ1) is 19.2. The lowest BCUT2D eigenvalue weighted by molar-refractivity contribution is 0.102. The topological polar surface area (TPSA) is 101 Å². The van der Waals surface area contributed by atoms with Gasteiger partial charge in [-0.3, -0.25) is 14.8 Å². The molecule has 0 atom stereocenters. The molecule has 7 nitrogen and oxygen atoms in total. The van der Waals surface area contributed by atoms with Gasteiger partial charge in [-0.05, 0) is 23.8 Å². The van der Waals surface area contributed by atoms with Crippen molar-refractivity contribution < 1.29 is 17.6 Å². The van der Waals surface area contributed by atoms with Crippen LogP contribution >= 0.6 is 11.3 Å². The maximum atomic E-state index is 12.5. The van der Waals surface area contributed by atoms with Gasteiger partial charge < -0.3 is 4.42 Å². The standard InChI is InChI=1S/C20H17N3O4S2/c1-29(25,26)23-14-8-6-13(7-9-14)10-15-12-28-20(21-15)22-19(24)17-11-27-18-5-3-2-4-16(17)18/h2-9,11-12,23H,10H2,1H3,(H,21,22,24). The van der Waals surface area contributed by atoms with Crippen LogP contribution in [-0.2, 0) is 16.4 Å². The van der Waals surface area contributed by atoms with E-state index in [4.69, 9.17) is 4.42 Å². The Morgan fingerprint density at radius 1 is 1.14 bits per heavy atom. The predicted molar refractivity (Wildman–Crippen MR) is 114 cm³/mol. The fourth-order valence-electron chi connectivity index (χ4n) is 2.88. The molecule has 2 heterocycles. The number of amides is 1. The van der Waals surface area contributed by atoms with Gasteiger partial charge in [-0.15, -0.1) is 11.3 Å². The van der Waals surface area contributed by atoms with Crippen molar-refractivity contribution in [2.45, 2.75) is 6.42 Å². The number of carbonyl (C=O) groups is 1. The molecular weight excluding hydrogens is 410 g/mol. The van der Waals surface area contributed by atoms with Crippen molar-refractivity contribution in [1.29, 1.82) is 0 Å². The van der Waals surface area contributed by atoms with E-state index in [9.17, 15) is 13.2 Å². The zero-order valence-electron chi connectivity index (χ0n) is 15.4. The molecule has 4 rings (SSSR count). The second-order valence-electron chi connectivity index (χ2n) is 6.49. The van der Waals surface area contributed by atoms with E-state index in [0.717, 1.165) is 22.9 Å². The number of carbonyl (C=O) groups excluding carboxylic acids is 1. The number of benzene rings is 2. The van der Waals surface area contributed by atoms with Gasteiger partial charge in [0, 0.05) is 22.9 Å². The highest BCUT2D eigenvalue weighted by molar-refractivity contribution is 7.92. The molecule has 29 heavy (non-hydrogen) atoms. The van der Waals surface area contributed by atoms with Gasteiger partial charge in [-0.25, -0.2) is 13.4 Å². The number of furan rings is 1. The third-order valence-electron chi connectivity index (χ3n) is 4.14. The van der Waals surface area contributed by atoms with Crippen LogP contribution in [0.2, 0.25) is 0 Å². The number of hydrogen-bond acceptors (Lipinski definition) is 6. The second-order valence-corrected chi connectivity index (χ2v) is 9.10. The lowest BCUT2D eigenvalue weighted by atomic mass is 10.1. The number of sulfonamides is 1. The number of anilines is 2. The van der Waals surface area contributed by atoms with Crippen LogP contribution in [0.1, 0.15) is 21.6 Å². The van der Waals surface area contributed by atoms with Crippen LogP contribution < -0.4 is 10.0 Å². The molecule has 0 aliphatic rings. The predicted octanol–water partition coefficient (Wildman–Crippen LogP) is 4.10. The summed E-state index contributed by atoms with van der Waals surface area (Å²) in [5.41, 5.74) is 3.42. The average molecular weight is 428 g/mol. The minimum absolute atomic E-state index is 0.271. The molecule has 0 unspecified atom stereocenters. The zero-order chi connectivity index (χ0) is 20.4. The molecule has 0 bridgehead atoms. The Morgan fingerprint density at radius 3 is 2.66 bits per heavy atom. The summed E-state index contributed by atoms with van der Waals surface area (Å²) in [6.45, 7) is 0. The first-order valence-corrected chi connectivity index (χ1v) is 11.4. The highest BCUT2D eigenvalue weighted by Gasteiger charge is 2.15. The van der Waals surface area contributed by atoms with Crippen LogP contribution in [0.15, 0.2) is 64.6 Å². The Bertz CT molecular complexity index is 1270. The Balaban J connectivity index is 1.42. The van der Waals surface area contributed by atoms with Crippen LogP contribution in [0.4, 0.5) is 10.8 Å². The molecule has 0 radical (unpaired) electrons. The van der Waals surface area contributed by atoms with Gasteiger partial charge in [0.2, 0.25) is 10.0 Å². The molecule has 9 heteroatoms. The van der Waals surface area contributed by atoms with Crippen molar-refractivity contribution in [3.63, 3.8) is 0 Å². The fraction of sp³-hybridized carbons (Fsp3) is 0.100. The number of nitrogens with one attached hydrogen (secondary N) is 2. The third kappa shape index (κ3) is 4.64. The van der Waals surface area contributed by atoms with Crippen molar-refractivity contribution in [2.75, 3.05) is 16.3 Å². The molecule has 148 valence electrons. The minimum atomic E-state index is -3.30. The summed E-state index contributed by atoms with van der Waals surface area (Å²) < 4.78 is 30.4. The minimum Gasteiger partial charge on any atom is -0.463 e. The molecule has 0 aliphatic heterocycles. The summed E-state index contributed by atoms with van der Waals surface area (Å²) in [6.07, 6.45) is 3.12. The van der Waals surface area contributed by atoms with Crippen molar-refractivity contribution in [3.8, 4) is 0 Å². The quantitative estimate of drug-likeness (QED) is 0.482. The second kappa shape index (κ2) is 7.69. The van der Waals surface area contributed by atoms with Crippen LogP contribution in [0.3, 0.4) is 0 Å². The van der Waals surface area contributed by atoms with E-state index in [-0.39, 0.29) is 5.91 Å². The van der Waals surface area contributed by atoms with Gasteiger partial charge >= 0.3 is 0 Å². The zero-order valence-corrected chi connectivity index (χ0v) is 17.0. The normalized spacial score (nSPS) is 11.5. The maximum absolute atomic E-state index is 12.5. The highest BCUT2D eigenvalue weighted by Crippen LogP contribution is 2.24. The van der Waals surface area contributed by atoms with E-state index in [1.54, 1.807) is 12.1 Å². The number of rotatable bonds is 6. The van der Waals surface area contributed by atoms with Crippen molar-refractivity contribution in [2.24, 2.45) is 0 Å². The van der Waals surface area contributed by atoms with Crippen LogP contribution in [-0.4, -0.2) is 25.6 Å². The summed E-state index contributed by atoms with van der Waals surface area (Å²) >= 11 is 1.35. The number of fused-ring (bicyclic) bond motifs is 1. The highest BCUT2D eigenvalue weighted by atomic mass is 32.2. The monoisotopic (exact) mass is 427 g/mol. The molecule has 2 aromatic carbocycles. The molecule has 2 N–H and O–H groups in total. The Kier molecular flexibility index (Phi) is 5.08. The Labute approximate surface area is 171 Å². The molecule has 1 amide bonds. The molecule has 0 saturated carbocycles. The van der Waals surface area contributed by atoms with Gasteiger partial charge in [0.25, 0.3) is 5.91 Å². The first-order chi connectivity index (χ1) is 13.9. The molecule has 4 aromatic rings. The van der Waals surface area contributed by atoms with E-state index < -0.39 is 10.0 Å². The van der Waals surface area contributed by atoms with Crippen LogP contribution in [0, 0.1) is 0 Å². The first-order valence-electron chi connectivity index (χ1n) is 8.66. The number of hydrogen-bond donors (Lipinski definition) is 2. The van der Waals surface area contributed by atoms with Gasteiger partial charge in [0.15, 0.2) is 5.13 Å². The number of thiazole rings is 1. The summed E-state index contributed by atoms with van der Waals surface area (Å²) in [5, 5.41) is 5.95. The fourth-order valence-corrected chi connectivity index (χ4v) is 4.15. The van der Waals surface area contributed by atoms with E-state index in [2.05, 4.69) is 15.0 Å². The number of aromatic nitrogens is 1. The van der Waals surface area contributed by atoms with E-state index in [1.165, 1.54) is 17.6 Å². The van der Waals surface area contributed by atoms with Gasteiger partial charge in [0.05, 0.1) is 17.5 Å². The summed E-state index contributed by atoms with van der Waals surface area (Å²) in [4.78, 5) is 17.0. The van der Waals surface area contributed by atoms with Crippen molar-refractivity contribution in [3.05, 3.63) is 77.0 Å². The molecule has 0 fully saturated rings. The lowest BCUT2D eigenvalue weighted by Crippen LogP contribution is -2.11. The maximum Gasteiger partial charge on any atom is 0.261 e. The van der Waals surface area contributed by atoms with Gasteiger partial charge in [-0.1, -0.05) is 30.3 Å². The average Bonchev–Trinajstić information content (AvgIpc) is 3.29. The number of para-hydroxylation sites is 1. The van der Waals surface area contributed by atoms with E-state index in [0.29, 0.717) is 28.4 Å². The summed E-state index contributed by atoms with van der Waals surface area (Å²) in [5.74, 6) is -0.271. The largest absolute Gasteiger partial charge is 0.463 e. The van der Waals surface area contributed by atoms with Crippen molar-refractivity contribution in [1.82, 2.24) is 4.98 Å². The Hall–Kier alpha value is -3.17. The molecule has 0 aliphatic carbocycles. The van der Waals surface area contributed by atoms with Crippen LogP contribution in [0.5, 0.6) is 0 Å². The molecule has 0 saturated heterocycles. The third-order valence-corrected chi connectivity index (χ3v) is 5.55. The van der Waals surface area contributed by atoms with Crippen molar-refractivity contribution >= 4 is 49.1 Å². The summed E-state index contributed by atoms with van der Waals surface area (Å²) in [6, 6.07) is 14.4. The lowest BCUT2D eigenvalue weighted by Gasteiger charge is -2.04. The smallest absolute Gasteiger partial charge is 0.261 e. The van der Waals surface area contributed by atoms with Gasteiger partial charge in [0.1, 0.15) is 11.8 Å². The molecular formula is C20H17N3O4S2. The van der Waals surface area contributed by atoms with Crippen LogP contribution in [0.25, 0.3) is 11.0 Å². The van der Waals surface area contributed by atoms with E-state index in [1.807, 2.05) is 41.8 Å². The molecule has 0 spiro atoms. The number of nitrogens with zero attached hydrogens (tertiary/aromatic N) is 1. The Morgan fingerprint density at radius 2 is 1.90 bits per heavy atom. The van der Waals surface area contributed by atoms with Gasteiger partial charge in [-0.2, -0.15) is 0 Å². The van der Waals surface area contributed by atoms with E-state index >= 15 is 0 Å². The SMILES string of the molecule is CS(=O)(=O)Nc1ccc(Cc2csc(NC(=O)c3coc4ccccc34)n2)cc1. The summed E-state index contributed by atoms with van der Waals surface area (Å²) in [7, 11) is -3.30. The molecule has 2 aromatic heterocycles.